The molecule has 7 heteroatoms. The molecule has 2 heterocycles. The molecule has 0 radical (unpaired) electrons. The van der Waals surface area contributed by atoms with Crippen molar-refractivity contribution < 1.29 is 13.5 Å². The third-order valence-corrected chi connectivity index (χ3v) is 3.93. The van der Waals surface area contributed by atoms with Gasteiger partial charge >= 0.3 is 0 Å². The lowest BCUT2D eigenvalue weighted by molar-refractivity contribution is 0.283. The Labute approximate surface area is 132 Å². The Morgan fingerprint density at radius 2 is 2.13 bits per heavy atom. The van der Waals surface area contributed by atoms with Crippen LogP contribution in [0.2, 0.25) is 0 Å². The first-order valence-corrected chi connectivity index (χ1v) is 7.44. The van der Waals surface area contributed by atoms with E-state index in [0.29, 0.717) is 11.3 Å². The molecule has 2 aromatic rings. The van der Waals surface area contributed by atoms with Gasteiger partial charge in [-0.3, -0.25) is 4.68 Å². The molecule has 1 N–H and O–H groups in total. The van der Waals surface area contributed by atoms with Gasteiger partial charge in [0.2, 0.25) is 5.82 Å². The molecule has 1 aromatic carbocycles. The zero-order chi connectivity index (χ0) is 16.2. The number of halogens is 2. The van der Waals surface area contributed by atoms with Gasteiger partial charge in [0, 0.05) is 5.56 Å². The average Bonchev–Trinajstić information content (AvgIpc) is 3.00. The standard InChI is InChI=1S/C16H16F2N4O/c17-13-2-1-3-15(16(13)18)23-10-11-9-21-22(14(11)8-19)12-4-6-20-7-5-12/h1-3,9,12,20H,4-7,10H2. The van der Waals surface area contributed by atoms with E-state index in [-0.39, 0.29) is 18.4 Å². The summed E-state index contributed by atoms with van der Waals surface area (Å²) in [6.07, 6.45) is 3.35. The number of rotatable bonds is 4. The minimum atomic E-state index is -1.03. The van der Waals surface area contributed by atoms with Crippen LogP contribution in [0.4, 0.5) is 8.78 Å². The summed E-state index contributed by atoms with van der Waals surface area (Å²) in [4.78, 5) is 0. The molecule has 0 amide bonds. The maximum absolute atomic E-state index is 13.6. The molecule has 0 aliphatic carbocycles. The van der Waals surface area contributed by atoms with Crippen molar-refractivity contribution in [2.24, 2.45) is 0 Å². The molecular formula is C16H16F2N4O. The van der Waals surface area contributed by atoms with Crippen LogP contribution in [0, 0.1) is 23.0 Å². The van der Waals surface area contributed by atoms with Crippen molar-refractivity contribution in [1.29, 1.82) is 5.26 Å². The summed E-state index contributed by atoms with van der Waals surface area (Å²) in [6.45, 7) is 1.74. The fourth-order valence-electron chi connectivity index (χ4n) is 2.71. The number of nitrogens with zero attached hydrogens (tertiary/aromatic N) is 3. The first kappa shape index (κ1) is 15.4. The molecule has 23 heavy (non-hydrogen) atoms. The lowest BCUT2D eigenvalue weighted by atomic mass is 10.1. The van der Waals surface area contributed by atoms with Crippen LogP contribution in [0.15, 0.2) is 24.4 Å². The van der Waals surface area contributed by atoms with Crippen molar-refractivity contribution in [2.75, 3.05) is 13.1 Å². The van der Waals surface area contributed by atoms with Crippen LogP contribution in [-0.2, 0) is 6.61 Å². The van der Waals surface area contributed by atoms with Crippen LogP contribution in [0.5, 0.6) is 5.75 Å². The molecule has 0 saturated carbocycles. The maximum atomic E-state index is 13.6. The Morgan fingerprint density at radius 1 is 1.35 bits per heavy atom. The molecule has 1 aromatic heterocycles. The van der Waals surface area contributed by atoms with E-state index in [2.05, 4.69) is 16.5 Å². The number of aromatic nitrogens is 2. The van der Waals surface area contributed by atoms with Gasteiger partial charge in [-0.05, 0) is 38.1 Å². The molecule has 0 atom stereocenters. The Kier molecular flexibility index (Phi) is 4.53. The summed E-state index contributed by atoms with van der Waals surface area (Å²) >= 11 is 0. The highest BCUT2D eigenvalue weighted by molar-refractivity contribution is 5.31. The summed E-state index contributed by atoms with van der Waals surface area (Å²) in [6, 6.07) is 6.05. The largest absolute Gasteiger partial charge is 0.486 e. The van der Waals surface area contributed by atoms with Gasteiger partial charge in [-0.2, -0.15) is 14.8 Å². The highest BCUT2D eigenvalue weighted by atomic mass is 19.2. The van der Waals surface area contributed by atoms with Gasteiger partial charge in [-0.1, -0.05) is 6.07 Å². The number of hydrogen-bond acceptors (Lipinski definition) is 4. The number of nitriles is 1. The van der Waals surface area contributed by atoms with Crippen LogP contribution < -0.4 is 10.1 Å². The number of hydrogen-bond donors (Lipinski definition) is 1. The van der Waals surface area contributed by atoms with E-state index in [1.54, 1.807) is 10.9 Å². The van der Waals surface area contributed by atoms with Crippen molar-refractivity contribution in [3.05, 3.63) is 47.3 Å². The highest BCUT2D eigenvalue weighted by Gasteiger charge is 2.21. The predicted molar refractivity (Wildman–Crippen MR) is 78.8 cm³/mol. The lowest BCUT2D eigenvalue weighted by Crippen LogP contribution is -2.30. The molecule has 1 saturated heterocycles. The Morgan fingerprint density at radius 3 is 2.87 bits per heavy atom. The Balaban J connectivity index is 1.77. The van der Waals surface area contributed by atoms with Gasteiger partial charge in [-0.15, -0.1) is 0 Å². The second-order valence-electron chi connectivity index (χ2n) is 5.40. The summed E-state index contributed by atoms with van der Waals surface area (Å²) < 4.78 is 33.8. The van der Waals surface area contributed by atoms with Gasteiger partial charge in [0.25, 0.3) is 0 Å². The van der Waals surface area contributed by atoms with E-state index >= 15 is 0 Å². The number of piperidine rings is 1. The van der Waals surface area contributed by atoms with Crippen LogP contribution in [0.3, 0.4) is 0 Å². The van der Waals surface area contributed by atoms with Gasteiger partial charge in [0.1, 0.15) is 18.4 Å². The monoisotopic (exact) mass is 318 g/mol. The third kappa shape index (κ3) is 3.17. The zero-order valence-corrected chi connectivity index (χ0v) is 12.4. The molecule has 0 spiro atoms. The summed E-state index contributed by atoms with van der Waals surface area (Å²) in [5, 5.41) is 16.9. The number of benzene rings is 1. The minimum absolute atomic E-state index is 0.0335. The van der Waals surface area contributed by atoms with Crippen molar-refractivity contribution in [2.45, 2.75) is 25.5 Å². The van der Waals surface area contributed by atoms with Crippen LogP contribution in [-0.4, -0.2) is 22.9 Å². The average molecular weight is 318 g/mol. The molecule has 0 unspecified atom stereocenters. The van der Waals surface area contributed by atoms with Gasteiger partial charge in [0.15, 0.2) is 11.6 Å². The molecule has 3 rings (SSSR count). The Bertz CT molecular complexity index is 732. The first-order valence-electron chi connectivity index (χ1n) is 7.44. The third-order valence-electron chi connectivity index (χ3n) is 3.93. The molecule has 0 bridgehead atoms. The van der Waals surface area contributed by atoms with Crippen LogP contribution in [0.25, 0.3) is 0 Å². The van der Waals surface area contributed by atoms with E-state index in [1.165, 1.54) is 12.1 Å². The normalized spacial score (nSPS) is 15.3. The van der Waals surface area contributed by atoms with Crippen molar-refractivity contribution >= 4 is 0 Å². The van der Waals surface area contributed by atoms with Gasteiger partial charge in [0.05, 0.1) is 12.2 Å². The minimum Gasteiger partial charge on any atom is -0.486 e. The van der Waals surface area contributed by atoms with E-state index in [9.17, 15) is 14.0 Å². The molecule has 1 aliphatic heterocycles. The molecule has 120 valence electrons. The summed E-state index contributed by atoms with van der Waals surface area (Å²) in [5.41, 5.74) is 0.975. The van der Waals surface area contributed by atoms with Crippen LogP contribution in [0.1, 0.15) is 30.1 Å². The Hall–Kier alpha value is -2.46. The smallest absolute Gasteiger partial charge is 0.200 e. The van der Waals surface area contributed by atoms with E-state index in [1.807, 2.05) is 0 Å². The summed E-state index contributed by atoms with van der Waals surface area (Å²) in [5.74, 6) is -2.17. The predicted octanol–water partition coefficient (Wildman–Crippen LogP) is 2.54. The molecule has 1 fully saturated rings. The van der Waals surface area contributed by atoms with E-state index in [4.69, 9.17) is 4.74 Å². The van der Waals surface area contributed by atoms with E-state index in [0.717, 1.165) is 32.0 Å². The number of ether oxygens (including phenoxy) is 1. The van der Waals surface area contributed by atoms with Gasteiger partial charge in [-0.25, -0.2) is 4.39 Å². The fourth-order valence-corrected chi connectivity index (χ4v) is 2.71. The van der Waals surface area contributed by atoms with Gasteiger partial charge < -0.3 is 10.1 Å². The SMILES string of the molecule is N#Cc1c(COc2cccc(F)c2F)cnn1C1CCNCC1. The maximum Gasteiger partial charge on any atom is 0.200 e. The summed E-state index contributed by atoms with van der Waals surface area (Å²) in [7, 11) is 0. The second-order valence-corrected chi connectivity index (χ2v) is 5.40. The second kappa shape index (κ2) is 6.75. The quantitative estimate of drug-likeness (QED) is 0.941. The molecular weight excluding hydrogens is 302 g/mol. The first-order chi connectivity index (χ1) is 11.2. The van der Waals surface area contributed by atoms with E-state index < -0.39 is 11.6 Å². The molecule has 5 nitrogen and oxygen atoms in total. The van der Waals surface area contributed by atoms with Crippen molar-refractivity contribution in [1.82, 2.24) is 15.1 Å². The fraction of sp³-hybridized carbons (Fsp3) is 0.375. The van der Waals surface area contributed by atoms with Crippen molar-refractivity contribution in [3.8, 4) is 11.8 Å². The zero-order valence-electron chi connectivity index (χ0n) is 12.4. The number of nitrogens with one attached hydrogen (secondary N) is 1. The molecule has 1 aliphatic rings. The van der Waals surface area contributed by atoms with Crippen molar-refractivity contribution in [3.63, 3.8) is 0 Å². The van der Waals surface area contributed by atoms with Crippen LogP contribution >= 0.6 is 0 Å². The topological polar surface area (TPSA) is 62.9 Å². The lowest BCUT2D eigenvalue weighted by Gasteiger charge is -2.23. The highest BCUT2D eigenvalue weighted by Crippen LogP contribution is 2.24.